The molecule has 5 heteroatoms. The lowest BCUT2D eigenvalue weighted by Gasteiger charge is -2.38. The average Bonchev–Trinajstić information content (AvgIpc) is 2.33. The van der Waals surface area contributed by atoms with Crippen LogP contribution in [0, 0.1) is 6.92 Å². The molecule has 0 spiro atoms. The van der Waals surface area contributed by atoms with E-state index in [1.165, 1.54) is 0 Å². The van der Waals surface area contributed by atoms with E-state index in [1.807, 2.05) is 13.8 Å². The largest absolute Gasteiger partial charge is 0.375 e. The van der Waals surface area contributed by atoms with Gasteiger partial charge in [0.1, 0.15) is 0 Å². The van der Waals surface area contributed by atoms with Crippen molar-refractivity contribution < 1.29 is 17.3 Å². The molecule has 0 radical (unpaired) electrons. The van der Waals surface area contributed by atoms with Crippen molar-refractivity contribution in [2.45, 2.75) is 43.6 Å². The van der Waals surface area contributed by atoms with E-state index in [1.54, 1.807) is 24.3 Å². The molecular weight excluding hydrogens is 264 g/mol. The first-order valence-corrected chi connectivity index (χ1v) is 7.92. The first kappa shape index (κ1) is 14.5. The Morgan fingerprint density at radius 2 is 1.95 bits per heavy atom. The summed E-state index contributed by atoms with van der Waals surface area (Å²) in [5.74, 6) is 0. The van der Waals surface area contributed by atoms with Crippen molar-refractivity contribution in [3.8, 4) is 0 Å². The second-order valence-corrected chi connectivity index (χ2v) is 6.86. The molecule has 106 valence electrons. The molecule has 1 aliphatic rings. The maximum Gasteiger partial charge on any atom is 0.296 e. The molecule has 1 unspecified atom stereocenters. The van der Waals surface area contributed by atoms with Crippen molar-refractivity contribution in [1.82, 2.24) is 0 Å². The Morgan fingerprint density at radius 3 is 2.47 bits per heavy atom. The van der Waals surface area contributed by atoms with Crippen LogP contribution in [0.15, 0.2) is 29.2 Å². The van der Waals surface area contributed by atoms with E-state index in [-0.39, 0.29) is 17.1 Å². The molecule has 0 aliphatic carbocycles. The van der Waals surface area contributed by atoms with Crippen molar-refractivity contribution in [1.29, 1.82) is 0 Å². The van der Waals surface area contributed by atoms with E-state index in [4.69, 9.17) is 8.92 Å². The van der Waals surface area contributed by atoms with Crippen LogP contribution in [-0.4, -0.2) is 27.2 Å². The van der Waals surface area contributed by atoms with Crippen LogP contribution < -0.4 is 0 Å². The Hall–Kier alpha value is -0.910. The highest BCUT2D eigenvalue weighted by Gasteiger charge is 2.32. The first-order valence-electron chi connectivity index (χ1n) is 6.51. The Labute approximate surface area is 114 Å². The fourth-order valence-electron chi connectivity index (χ4n) is 2.04. The summed E-state index contributed by atoms with van der Waals surface area (Å²) in [5.41, 5.74) is 0.950. The van der Waals surface area contributed by atoms with Gasteiger partial charge in [-0.2, -0.15) is 8.42 Å². The zero-order chi connectivity index (χ0) is 13.9. The number of hydrogen-bond donors (Lipinski definition) is 0. The van der Waals surface area contributed by atoms with Crippen LogP contribution >= 0.6 is 0 Å². The van der Waals surface area contributed by atoms with Gasteiger partial charge in [-0.05, 0) is 45.2 Å². The van der Waals surface area contributed by atoms with Crippen LogP contribution in [0.2, 0.25) is 0 Å². The molecule has 1 atom stereocenters. The zero-order valence-corrected chi connectivity index (χ0v) is 12.2. The van der Waals surface area contributed by atoms with Gasteiger partial charge in [0.15, 0.2) is 0 Å². The molecule has 0 bridgehead atoms. The molecule has 0 aromatic heterocycles. The van der Waals surface area contributed by atoms with Crippen LogP contribution in [0.1, 0.15) is 31.7 Å². The Bertz CT molecular complexity index is 515. The van der Waals surface area contributed by atoms with E-state index in [2.05, 4.69) is 0 Å². The lowest BCUT2D eigenvalue weighted by atomic mass is 9.92. The summed E-state index contributed by atoms with van der Waals surface area (Å²) in [6.45, 7) is 4.97. The van der Waals surface area contributed by atoms with E-state index < -0.39 is 10.1 Å². The number of hydrogen-bond acceptors (Lipinski definition) is 4. The lowest BCUT2D eigenvalue weighted by Crippen LogP contribution is -2.40. The molecule has 4 nitrogen and oxygen atoms in total. The van der Waals surface area contributed by atoms with Gasteiger partial charge in [0.25, 0.3) is 10.1 Å². The molecule has 1 heterocycles. The molecule has 1 fully saturated rings. The quantitative estimate of drug-likeness (QED) is 0.595. The Balaban J connectivity index is 1.82. The smallest absolute Gasteiger partial charge is 0.296 e. The Morgan fingerprint density at radius 1 is 1.32 bits per heavy atom. The summed E-state index contributed by atoms with van der Waals surface area (Å²) in [6.07, 6.45) is 2.55. The predicted octanol–water partition coefficient (Wildman–Crippen LogP) is 2.66. The fourth-order valence-corrected chi connectivity index (χ4v) is 2.98. The van der Waals surface area contributed by atoms with Crippen molar-refractivity contribution in [3.05, 3.63) is 29.8 Å². The second-order valence-electron chi connectivity index (χ2n) is 5.24. The summed E-state index contributed by atoms with van der Waals surface area (Å²) >= 11 is 0. The minimum Gasteiger partial charge on any atom is -0.375 e. The highest BCUT2D eigenvalue weighted by atomic mass is 32.2. The van der Waals surface area contributed by atoms with Crippen LogP contribution in [0.5, 0.6) is 0 Å². The maximum absolute atomic E-state index is 11.9. The SMILES string of the molecule is Cc1ccc(S(=O)(=O)OCCCC2(C)CCO2)cc1. The van der Waals surface area contributed by atoms with Crippen molar-refractivity contribution in [3.63, 3.8) is 0 Å². The molecule has 1 aromatic rings. The first-order chi connectivity index (χ1) is 8.91. The maximum atomic E-state index is 11.9. The van der Waals surface area contributed by atoms with Crippen molar-refractivity contribution in [2.24, 2.45) is 0 Å². The summed E-state index contributed by atoms with van der Waals surface area (Å²) in [4.78, 5) is 0.212. The molecule has 0 amide bonds. The third-order valence-corrected chi connectivity index (χ3v) is 4.81. The van der Waals surface area contributed by atoms with Crippen LogP contribution in [0.4, 0.5) is 0 Å². The Kier molecular flexibility index (Phi) is 4.28. The van der Waals surface area contributed by atoms with Gasteiger partial charge in [0.05, 0.1) is 23.7 Å². The topological polar surface area (TPSA) is 52.6 Å². The average molecular weight is 284 g/mol. The monoisotopic (exact) mass is 284 g/mol. The second kappa shape index (κ2) is 5.61. The van der Waals surface area contributed by atoms with Gasteiger partial charge in [0.2, 0.25) is 0 Å². The van der Waals surface area contributed by atoms with Gasteiger partial charge < -0.3 is 4.74 Å². The molecular formula is C14H20O4S. The fraction of sp³-hybridized carbons (Fsp3) is 0.571. The summed E-state index contributed by atoms with van der Waals surface area (Å²) in [7, 11) is -3.62. The van der Waals surface area contributed by atoms with Crippen LogP contribution in [0.25, 0.3) is 0 Å². The van der Waals surface area contributed by atoms with E-state index >= 15 is 0 Å². The van der Waals surface area contributed by atoms with E-state index in [0.29, 0.717) is 6.42 Å². The van der Waals surface area contributed by atoms with E-state index in [0.717, 1.165) is 25.0 Å². The van der Waals surface area contributed by atoms with Crippen molar-refractivity contribution >= 4 is 10.1 Å². The minimum atomic E-state index is -3.62. The summed E-state index contributed by atoms with van der Waals surface area (Å²) in [6, 6.07) is 6.67. The van der Waals surface area contributed by atoms with Gasteiger partial charge in [-0.15, -0.1) is 0 Å². The molecule has 1 saturated heterocycles. The number of benzene rings is 1. The van der Waals surface area contributed by atoms with Crippen LogP contribution in [0.3, 0.4) is 0 Å². The highest BCUT2D eigenvalue weighted by Crippen LogP contribution is 2.30. The highest BCUT2D eigenvalue weighted by molar-refractivity contribution is 7.86. The number of ether oxygens (including phenoxy) is 1. The molecule has 2 rings (SSSR count). The zero-order valence-electron chi connectivity index (χ0n) is 11.4. The third kappa shape index (κ3) is 3.78. The standard InChI is InChI=1S/C14H20O4S/c1-12-4-6-13(7-5-12)19(15,16)18-10-3-8-14(2)9-11-17-14/h4-7H,3,8-11H2,1-2H3. The third-order valence-electron chi connectivity index (χ3n) is 3.48. The minimum absolute atomic E-state index is 0.0724. The van der Waals surface area contributed by atoms with Crippen LogP contribution in [-0.2, 0) is 19.0 Å². The normalized spacial score (nSPS) is 23.1. The van der Waals surface area contributed by atoms with Gasteiger partial charge >= 0.3 is 0 Å². The lowest BCUT2D eigenvalue weighted by molar-refractivity contribution is -0.139. The van der Waals surface area contributed by atoms with Gasteiger partial charge in [-0.3, -0.25) is 4.18 Å². The summed E-state index contributed by atoms with van der Waals surface area (Å²) < 4.78 is 34.3. The van der Waals surface area contributed by atoms with Gasteiger partial charge in [-0.1, -0.05) is 17.7 Å². The molecule has 19 heavy (non-hydrogen) atoms. The molecule has 1 aliphatic heterocycles. The molecule has 1 aromatic carbocycles. The van der Waals surface area contributed by atoms with Crippen molar-refractivity contribution in [2.75, 3.05) is 13.2 Å². The molecule has 0 saturated carbocycles. The van der Waals surface area contributed by atoms with Gasteiger partial charge in [-0.25, -0.2) is 0 Å². The van der Waals surface area contributed by atoms with E-state index in [9.17, 15) is 8.42 Å². The summed E-state index contributed by atoms with van der Waals surface area (Å²) in [5, 5.41) is 0. The predicted molar refractivity (Wildman–Crippen MR) is 72.5 cm³/mol. The molecule has 0 N–H and O–H groups in total. The van der Waals surface area contributed by atoms with Gasteiger partial charge in [0, 0.05) is 0 Å². The number of aryl methyl sites for hydroxylation is 1. The number of rotatable bonds is 6.